The molecular weight excluding hydrogens is 332 g/mol. The number of hydrogen-bond acceptors (Lipinski definition) is 4. The quantitative estimate of drug-likeness (QED) is 0.516. The molecule has 0 aliphatic heterocycles. The first kappa shape index (κ1) is 16.3. The Morgan fingerprint density at radius 1 is 1.12 bits per heavy atom. The van der Waals surface area contributed by atoms with E-state index < -0.39 is 6.61 Å². The summed E-state index contributed by atoms with van der Waals surface area (Å²) in [7, 11) is 1.94. The molecule has 0 N–H and O–H groups in total. The average Bonchev–Trinajstić information content (AvgIpc) is 2.89. The second-order valence-corrected chi connectivity index (χ2v) is 6.11. The van der Waals surface area contributed by atoms with Crippen molar-refractivity contribution >= 4 is 27.3 Å². The van der Waals surface area contributed by atoms with Crippen LogP contribution < -0.4 is 9.54 Å². The minimum absolute atomic E-state index is 0.120. The molecule has 3 aromatic rings. The Morgan fingerprint density at radius 3 is 2.50 bits per heavy atom. The fourth-order valence-corrected chi connectivity index (χ4v) is 3.20. The number of thiazole rings is 1. The van der Waals surface area contributed by atoms with Crippen LogP contribution in [0.3, 0.4) is 0 Å². The number of rotatable bonds is 4. The van der Waals surface area contributed by atoms with E-state index in [9.17, 15) is 8.78 Å². The third-order valence-electron chi connectivity index (χ3n) is 3.50. The molecule has 124 valence electrons. The summed E-state index contributed by atoms with van der Waals surface area (Å²) in [5.74, 6) is 0.120. The number of nitrogens with zero attached hydrogens (tertiary/aromatic N) is 3. The molecule has 7 heteroatoms. The van der Waals surface area contributed by atoms with Gasteiger partial charge in [0.05, 0.1) is 15.9 Å². The van der Waals surface area contributed by atoms with Crippen molar-refractivity contribution in [3.05, 3.63) is 58.9 Å². The van der Waals surface area contributed by atoms with E-state index in [4.69, 9.17) is 0 Å². The van der Waals surface area contributed by atoms with Gasteiger partial charge in [-0.15, -0.1) is 5.10 Å². The van der Waals surface area contributed by atoms with Crippen molar-refractivity contribution in [1.29, 1.82) is 0 Å². The van der Waals surface area contributed by atoms with Gasteiger partial charge < -0.3 is 9.30 Å². The molecule has 0 aliphatic carbocycles. The Kier molecular flexibility index (Phi) is 4.71. The third kappa shape index (κ3) is 3.51. The molecule has 0 amide bonds. The molecule has 0 atom stereocenters. The maximum atomic E-state index is 12.2. The van der Waals surface area contributed by atoms with Gasteiger partial charge in [-0.2, -0.15) is 13.9 Å². The van der Waals surface area contributed by atoms with E-state index >= 15 is 0 Å². The second kappa shape index (κ2) is 6.92. The Morgan fingerprint density at radius 2 is 1.83 bits per heavy atom. The van der Waals surface area contributed by atoms with Crippen LogP contribution in [-0.2, 0) is 7.05 Å². The molecule has 4 nitrogen and oxygen atoms in total. The Bertz CT molecular complexity index is 942. The van der Waals surface area contributed by atoms with Crippen molar-refractivity contribution in [3.63, 3.8) is 0 Å². The molecule has 0 bridgehead atoms. The van der Waals surface area contributed by atoms with Crippen molar-refractivity contribution in [3.8, 4) is 5.75 Å². The molecule has 24 heavy (non-hydrogen) atoms. The van der Waals surface area contributed by atoms with E-state index in [1.807, 2.05) is 42.8 Å². The standard InChI is InChI=1S/C17H15F2N3OS/c1-11(12-7-9-13(10-8-12)23-16(18)19)20-21-17-22(2)14-5-3-4-6-15(14)24-17/h3-10,16H,1-2H3/b20-11+,21-17-. The van der Waals surface area contributed by atoms with Gasteiger partial charge in [0.15, 0.2) is 0 Å². The number of halogens is 2. The van der Waals surface area contributed by atoms with E-state index in [2.05, 4.69) is 14.9 Å². The smallest absolute Gasteiger partial charge is 0.387 e. The predicted molar refractivity (Wildman–Crippen MR) is 91.6 cm³/mol. The minimum Gasteiger partial charge on any atom is -0.435 e. The molecule has 1 aromatic heterocycles. The van der Waals surface area contributed by atoms with Crippen molar-refractivity contribution in [2.75, 3.05) is 0 Å². The molecule has 0 spiro atoms. The van der Waals surface area contributed by atoms with Gasteiger partial charge in [-0.05, 0) is 48.9 Å². The highest BCUT2D eigenvalue weighted by Crippen LogP contribution is 2.16. The van der Waals surface area contributed by atoms with Gasteiger partial charge in [0.1, 0.15) is 5.75 Å². The normalized spacial score (nSPS) is 13.0. The van der Waals surface area contributed by atoms with Crippen LogP contribution in [0.15, 0.2) is 58.7 Å². The number of alkyl halides is 2. The van der Waals surface area contributed by atoms with Gasteiger partial charge in [-0.25, -0.2) is 0 Å². The minimum atomic E-state index is -2.83. The van der Waals surface area contributed by atoms with Gasteiger partial charge in [0.2, 0.25) is 4.80 Å². The topological polar surface area (TPSA) is 38.9 Å². The van der Waals surface area contributed by atoms with E-state index in [-0.39, 0.29) is 5.75 Å². The van der Waals surface area contributed by atoms with E-state index in [1.54, 1.807) is 23.5 Å². The molecule has 0 aliphatic rings. The Balaban J connectivity index is 1.88. The summed E-state index contributed by atoms with van der Waals surface area (Å²) < 4.78 is 31.8. The fourth-order valence-electron chi connectivity index (χ4n) is 2.23. The molecule has 0 saturated heterocycles. The zero-order valence-corrected chi connectivity index (χ0v) is 13.9. The number of fused-ring (bicyclic) bond motifs is 1. The molecule has 0 fully saturated rings. The SMILES string of the molecule is C/C(=N\N=c1/sc2ccccc2n1C)c1ccc(OC(F)F)cc1. The van der Waals surface area contributed by atoms with Crippen molar-refractivity contribution in [2.24, 2.45) is 17.3 Å². The van der Waals surface area contributed by atoms with Crippen molar-refractivity contribution in [1.82, 2.24) is 4.57 Å². The lowest BCUT2D eigenvalue weighted by molar-refractivity contribution is -0.0498. The maximum absolute atomic E-state index is 12.2. The monoisotopic (exact) mass is 347 g/mol. The van der Waals surface area contributed by atoms with Crippen LogP contribution in [0, 0.1) is 0 Å². The lowest BCUT2D eigenvalue weighted by atomic mass is 10.1. The number of para-hydroxylation sites is 1. The highest BCUT2D eigenvalue weighted by atomic mass is 32.1. The van der Waals surface area contributed by atoms with Gasteiger partial charge in [0, 0.05) is 7.05 Å². The lowest BCUT2D eigenvalue weighted by Gasteiger charge is -2.04. The zero-order chi connectivity index (χ0) is 17.1. The predicted octanol–water partition coefficient (Wildman–Crippen LogP) is 4.17. The van der Waals surface area contributed by atoms with Crippen LogP contribution in [0.4, 0.5) is 8.78 Å². The first-order valence-corrected chi connectivity index (χ1v) is 8.04. The van der Waals surface area contributed by atoms with E-state index in [1.165, 1.54) is 12.1 Å². The fraction of sp³-hybridized carbons (Fsp3) is 0.176. The summed E-state index contributed by atoms with van der Waals surface area (Å²) in [6, 6.07) is 14.4. The van der Waals surface area contributed by atoms with Crippen LogP contribution in [0.2, 0.25) is 0 Å². The second-order valence-electron chi connectivity index (χ2n) is 5.10. The summed E-state index contributed by atoms with van der Waals surface area (Å²) in [6.45, 7) is -1.01. The Hall–Kier alpha value is -2.54. The number of aryl methyl sites for hydroxylation is 1. The van der Waals surface area contributed by atoms with Crippen LogP contribution in [-0.4, -0.2) is 16.9 Å². The summed E-state index contributed by atoms with van der Waals surface area (Å²) in [6.07, 6.45) is 0. The molecule has 2 aromatic carbocycles. The van der Waals surface area contributed by atoms with Crippen molar-refractivity contribution in [2.45, 2.75) is 13.5 Å². The van der Waals surface area contributed by atoms with Crippen LogP contribution in [0.5, 0.6) is 5.75 Å². The van der Waals surface area contributed by atoms with Gasteiger partial charge in [-0.1, -0.05) is 23.5 Å². The highest BCUT2D eigenvalue weighted by Gasteiger charge is 2.05. The van der Waals surface area contributed by atoms with Crippen molar-refractivity contribution < 1.29 is 13.5 Å². The number of ether oxygens (including phenoxy) is 1. The first-order chi connectivity index (χ1) is 11.5. The lowest BCUT2D eigenvalue weighted by Crippen LogP contribution is -2.09. The van der Waals surface area contributed by atoms with Crippen LogP contribution in [0.25, 0.3) is 10.2 Å². The molecule has 1 heterocycles. The summed E-state index contributed by atoms with van der Waals surface area (Å²) in [4.78, 5) is 0.785. The number of benzene rings is 2. The summed E-state index contributed by atoms with van der Waals surface area (Å²) in [5.41, 5.74) is 2.59. The molecular formula is C17H15F2N3OS. The van der Waals surface area contributed by atoms with Gasteiger partial charge >= 0.3 is 6.61 Å². The van der Waals surface area contributed by atoms with Gasteiger partial charge in [0.25, 0.3) is 0 Å². The van der Waals surface area contributed by atoms with Crippen LogP contribution in [0.1, 0.15) is 12.5 Å². The Labute approximate surface area is 141 Å². The van der Waals surface area contributed by atoms with Gasteiger partial charge in [-0.3, -0.25) is 0 Å². The first-order valence-electron chi connectivity index (χ1n) is 7.22. The summed E-state index contributed by atoms with van der Waals surface area (Å²) >= 11 is 1.56. The molecule has 0 unspecified atom stereocenters. The molecule has 0 radical (unpaired) electrons. The molecule has 0 saturated carbocycles. The summed E-state index contributed by atoms with van der Waals surface area (Å²) in [5, 5.41) is 8.56. The van der Waals surface area contributed by atoms with E-state index in [0.717, 1.165) is 20.6 Å². The zero-order valence-electron chi connectivity index (χ0n) is 13.1. The average molecular weight is 347 g/mol. The number of aromatic nitrogens is 1. The maximum Gasteiger partial charge on any atom is 0.387 e. The van der Waals surface area contributed by atoms with Crippen LogP contribution >= 0.6 is 11.3 Å². The largest absolute Gasteiger partial charge is 0.435 e. The van der Waals surface area contributed by atoms with E-state index in [0.29, 0.717) is 5.71 Å². The third-order valence-corrected chi connectivity index (χ3v) is 4.60. The number of hydrogen-bond donors (Lipinski definition) is 0. The highest BCUT2D eigenvalue weighted by molar-refractivity contribution is 7.16. The molecule has 3 rings (SSSR count).